The zero-order chi connectivity index (χ0) is 24.1. The fourth-order valence-electron chi connectivity index (χ4n) is 4.76. The predicted octanol–water partition coefficient (Wildman–Crippen LogP) is 1.46. The van der Waals surface area contributed by atoms with Crippen LogP contribution >= 0.6 is 0 Å². The van der Waals surface area contributed by atoms with Crippen LogP contribution < -0.4 is 15.4 Å². The van der Waals surface area contributed by atoms with Crippen molar-refractivity contribution in [3.63, 3.8) is 0 Å². The van der Waals surface area contributed by atoms with E-state index in [2.05, 4.69) is 31.1 Å². The normalized spacial score (nSPS) is 20.4. The van der Waals surface area contributed by atoms with E-state index in [0.717, 1.165) is 30.9 Å². The summed E-state index contributed by atoms with van der Waals surface area (Å²) < 4.78 is 5.91. The molecule has 0 aromatic carbocycles. The number of nitrogens with one attached hydrogen (secondary N) is 1. The molecule has 10 nitrogen and oxygen atoms in total. The number of aromatic amines is 1. The van der Waals surface area contributed by atoms with E-state index in [9.17, 15) is 9.59 Å². The number of nitriles is 1. The highest BCUT2D eigenvalue weighted by Gasteiger charge is 2.29. The van der Waals surface area contributed by atoms with Crippen LogP contribution in [-0.2, 0) is 9.53 Å². The molecule has 10 heteroatoms. The molecule has 2 saturated heterocycles. The SMILES string of the molecule is Cc1c(N2CCC[C@H]2COCCC(=O)N2CCN(c3ccc(C#N)cn3)CC2C)cn[nH]c1=O. The van der Waals surface area contributed by atoms with Crippen LogP contribution in [0, 0.1) is 18.3 Å². The molecule has 180 valence electrons. The first kappa shape index (κ1) is 23.7. The van der Waals surface area contributed by atoms with Gasteiger partial charge in [0.1, 0.15) is 11.9 Å². The third-order valence-corrected chi connectivity index (χ3v) is 6.68. The molecule has 2 aromatic heterocycles. The second kappa shape index (κ2) is 10.7. The van der Waals surface area contributed by atoms with Crippen molar-refractivity contribution < 1.29 is 9.53 Å². The molecule has 1 N–H and O–H groups in total. The zero-order valence-electron chi connectivity index (χ0n) is 19.7. The van der Waals surface area contributed by atoms with Crippen molar-refractivity contribution in [3.8, 4) is 6.07 Å². The molecular weight excluding hydrogens is 434 g/mol. The third-order valence-electron chi connectivity index (χ3n) is 6.68. The summed E-state index contributed by atoms with van der Waals surface area (Å²) in [4.78, 5) is 35.3. The molecule has 2 aliphatic rings. The number of piperazine rings is 1. The first-order chi connectivity index (χ1) is 16.5. The predicted molar refractivity (Wildman–Crippen MR) is 128 cm³/mol. The van der Waals surface area contributed by atoms with Crippen molar-refractivity contribution in [2.24, 2.45) is 0 Å². The van der Waals surface area contributed by atoms with Gasteiger partial charge in [-0.15, -0.1) is 0 Å². The van der Waals surface area contributed by atoms with E-state index in [1.807, 2.05) is 24.8 Å². The number of carbonyl (C=O) groups is 1. The maximum absolute atomic E-state index is 12.8. The average molecular weight is 466 g/mol. The van der Waals surface area contributed by atoms with Crippen molar-refractivity contribution in [3.05, 3.63) is 46.0 Å². The number of H-pyrrole nitrogens is 1. The fourth-order valence-corrected chi connectivity index (χ4v) is 4.76. The van der Waals surface area contributed by atoms with Crippen LogP contribution in [0.5, 0.6) is 0 Å². The summed E-state index contributed by atoms with van der Waals surface area (Å²) in [5.41, 5.74) is 1.89. The molecule has 4 rings (SSSR count). The van der Waals surface area contributed by atoms with Gasteiger partial charge in [-0.05, 0) is 38.8 Å². The minimum atomic E-state index is -0.168. The van der Waals surface area contributed by atoms with Gasteiger partial charge in [0.2, 0.25) is 5.91 Å². The smallest absolute Gasteiger partial charge is 0.269 e. The number of hydrogen-bond acceptors (Lipinski definition) is 8. The molecule has 2 aliphatic heterocycles. The molecule has 0 spiro atoms. The standard InChI is InChI=1S/C24H31N7O3/c1-17-15-29(22-6-5-19(12-25)13-26-22)9-10-30(17)23(32)7-11-34-16-20-4-3-8-31(20)21-14-27-28-24(33)18(21)2/h5-6,13-14,17,20H,3-4,7-11,15-16H2,1-2H3,(H,28,33)/t17?,20-/m0/s1. The first-order valence-corrected chi connectivity index (χ1v) is 11.8. The highest BCUT2D eigenvalue weighted by atomic mass is 16.5. The molecule has 4 heterocycles. The lowest BCUT2D eigenvalue weighted by atomic mass is 10.1. The number of ether oxygens (including phenoxy) is 1. The summed E-state index contributed by atoms with van der Waals surface area (Å²) in [6.45, 7) is 7.66. The lowest BCUT2D eigenvalue weighted by Gasteiger charge is -2.40. The van der Waals surface area contributed by atoms with E-state index in [0.29, 0.717) is 50.4 Å². The van der Waals surface area contributed by atoms with Crippen LogP contribution in [0.2, 0.25) is 0 Å². The minimum Gasteiger partial charge on any atom is -0.379 e. The van der Waals surface area contributed by atoms with E-state index < -0.39 is 0 Å². The van der Waals surface area contributed by atoms with Crippen LogP contribution in [0.3, 0.4) is 0 Å². The molecule has 2 fully saturated rings. The van der Waals surface area contributed by atoms with Gasteiger partial charge in [0, 0.05) is 44.0 Å². The summed E-state index contributed by atoms with van der Waals surface area (Å²) in [7, 11) is 0. The van der Waals surface area contributed by atoms with Crippen molar-refractivity contribution in [1.29, 1.82) is 5.26 Å². The van der Waals surface area contributed by atoms with Crippen molar-refractivity contribution >= 4 is 17.4 Å². The summed E-state index contributed by atoms with van der Waals surface area (Å²) in [5, 5.41) is 15.4. The van der Waals surface area contributed by atoms with E-state index in [1.165, 1.54) is 0 Å². The maximum atomic E-state index is 12.8. The molecule has 0 radical (unpaired) electrons. The Balaban J connectivity index is 1.23. The summed E-state index contributed by atoms with van der Waals surface area (Å²) in [6.07, 6.45) is 5.65. The number of carbonyl (C=O) groups excluding carboxylic acids is 1. The Morgan fingerprint density at radius 3 is 2.88 bits per heavy atom. The molecule has 0 aliphatic carbocycles. The Morgan fingerprint density at radius 2 is 2.15 bits per heavy atom. The molecule has 0 bridgehead atoms. The van der Waals surface area contributed by atoms with Crippen LogP contribution in [0.15, 0.2) is 29.3 Å². The van der Waals surface area contributed by atoms with Crippen LogP contribution in [0.1, 0.15) is 37.3 Å². The third kappa shape index (κ3) is 5.20. The van der Waals surface area contributed by atoms with Gasteiger partial charge >= 0.3 is 0 Å². The quantitative estimate of drug-likeness (QED) is 0.611. The van der Waals surface area contributed by atoms with Gasteiger partial charge < -0.3 is 19.4 Å². The van der Waals surface area contributed by atoms with Crippen LogP contribution in [0.4, 0.5) is 11.5 Å². The van der Waals surface area contributed by atoms with Gasteiger partial charge in [-0.2, -0.15) is 10.4 Å². The summed E-state index contributed by atoms with van der Waals surface area (Å²) >= 11 is 0. The average Bonchev–Trinajstić information content (AvgIpc) is 3.31. The fraction of sp³-hybridized carbons (Fsp3) is 0.542. The monoisotopic (exact) mass is 465 g/mol. The van der Waals surface area contributed by atoms with Gasteiger partial charge in [0.15, 0.2) is 0 Å². The Hall–Kier alpha value is -3.45. The maximum Gasteiger partial charge on any atom is 0.269 e. The molecule has 0 saturated carbocycles. The van der Waals surface area contributed by atoms with E-state index in [4.69, 9.17) is 10.00 Å². The first-order valence-electron chi connectivity index (χ1n) is 11.8. The topological polar surface area (TPSA) is 118 Å². The van der Waals surface area contributed by atoms with E-state index >= 15 is 0 Å². The van der Waals surface area contributed by atoms with Crippen LogP contribution in [0.25, 0.3) is 0 Å². The largest absolute Gasteiger partial charge is 0.379 e. The second-order valence-electron chi connectivity index (χ2n) is 8.92. The molecule has 34 heavy (non-hydrogen) atoms. The Labute approximate surface area is 199 Å². The zero-order valence-corrected chi connectivity index (χ0v) is 19.7. The van der Waals surface area contributed by atoms with Crippen LogP contribution in [-0.4, -0.2) is 77.5 Å². The number of hydrogen-bond donors (Lipinski definition) is 1. The lowest BCUT2D eigenvalue weighted by Crippen LogP contribution is -2.54. The Bertz CT molecular complexity index is 1090. The second-order valence-corrected chi connectivity index (χ2v) is 8.92. The highest BCUT2D eigenvalue weighted by Crippen LogP contribution is 2.26. The van der Waals surface area contributed by atoms with Gasteiger partial charge in [-0.25, -0.2) is 10.1 Å². The number of amides is 1. The summed E-state index contributed by atoms with van der Waals surface area (Å²) in [6, 6.07) is 5.94. The molecule has 1 unspecified atom stereocenters. The number of pyridine rings is 1. The highest BCUT2D eigenvalue weighted by molar-refractivity contribution is 5.77. The Kier molecular flexibility index (Phi) is 7.43. The molecule has 2 aromatic rings. The molecule has 2 atom stereocenters. The number of aromatic nitrogens is 3. The Morgan fingerprint density at radius 1 is 1.29 bits per heavy atom. The van der Waals surface area contributed by atoms with Crippen molar-refractivity contribution in [2.45, 2.75) is 45.2 Å². The minimum absolute atomic E-state index is 0.0654. The van der Waals surface area contributed by atoms with E-state index in [-0.39, 0.29) is 23.6 Å². The van der Waals surface area contributed by atoms with Gasteiger partial charge in [0.05, 0.1) is 43.1 Å². The number of anilines is 2. The lowest BCUT2D eigenvalue weighted by molar-refractivity contribution is -0.134. The van der Waals surface area contributed by atoms with Gasteiger partial charge in [0.25, 0.3) is 5.56 Å². The van der Waals surface area contributed by atoms with Crippen molar-refractivity contribution in [2.75, 3.05) is 49.2 Å². The number of nitrogens with zero attached hydrogens (tertiary/aromatic N) is 6. The van der Waals surface area contributed by atoms with E-state index in [1.54, 1.807) is 18.5 Å². The molecule has 1 amide bonds. The summed E-state index contributed by atoms with van der Waals surface area (Å²) in [5.74, 6) is 0.922. The van der Waals surface area contributed by atoms with Gasteiger partial charge in [-0.3, -0.25) is 9.59 Å². The molecular formula is C24H31N7O3. The number of rotatable bonds is 7. The van der Waals surface area contributed by atoms with Crippen molar-refractivity contribution in [1.82, 2.24) is 20.1 Å². The van der Waals surface area contributed by atoms with Gasteiger partial charge in [-0.1, -0.05) is 0 Å².